The highest BCUT2D eigenvalue weighted by molar-refractivity contribution is 5.97. The maximum absolute atomic E-state index is 11.1. The number of carbonyl (C=O) groups is 1. The zero-order valence-electron chi connectivity index (χ0n) is 10.7. The number of rotatable bonds is 7. The Labute approximate surface area is 106 Å². The minimum absolute atomic E-state index is 0.211. The first-order chi connectivity index (χ1) is 8.50. The van der Waals surface area contributed by atoms with E-state index in [9.17, 15) is 4.79 Å². The van der Waals surface area contributed by atoms with E-state index < -0.39 is 5.91 Å². The standard InChI is InChI=1S/C12H19N3O3/c1-8(2)7-17-3-4-18-11-5-9(12(14)16)10(13)6-15-11/h5-6,8H,3-4,7,13H2,1-2H3,(H2,14,16). The number of primary amides is 1. The number of pyridine rings is 1. The quantitative estimate of drug-likeness (QED) is 0.700. The van der Waals surface area contributed by atoms with Gasteiger partial charge in [0, 0.05) is 12.7 Å². The molecular weight excluding hydrogens is 234 g/mol. The fraction of sp³-hybridized carbons (Fsp3) is 0.500. The fourth-order valence-corrected chi connectivity index (χ4v) is 1.26. The maximum Gasteiger partial charge on any atom is 0.251 e. The van der Waals surface area contributed by atoms with Crippen LogP contribution in [0.5, 0.6) is 5.88 Å². The van der Waals surface area contributed by atoms with Crippen molar-refractivity contribution in [1.29, 1.82) is 0 Å². The number of ether oxygens (including phenoxy) is 2. The van der Waals surface area contributed by atoms with Crippen LogP contribution in [0.1, 0.15) is 24.2 Å². The average molecular weight is 253 g/mol. The smallest absolute Gasteiger partial charge is 0.251 e. The fourth-order valence-electron chi connectivity index (χ4n) is 1.26. The highest BCUT2D eigenvalue weighted by Gasteiger charge is 2.08. The van der Waals surface area contributed by atoms with Gasteiger partial charge in [-0.25, -0.2) is 4.98 Å². The van der Waals surface area contributed by atoms with Crippen molar-refractivity contribution >= 4 is 11.6 Å². The van der Waals surface area contributed by atoms with Gasteiger partial charge in [0.05, 0.1) is 24.1 Å². The molecule has 100 valence electrons. The lowest BCUT2D eigenvalue weighted by Crippen LogP contribution is -2.15. The molecule has 0 aliphatic heterocycles. The Kier molecular flexibility index (Phi) is 5.38. The Balaban J connectivity index is 2.43. The van der Waals surface area contributed by atoms with Gasteiger partial charge in [0.25, 0.3) is 5.91 Å². The number of anilines is 1. The highest BCUT2D eigenvalue weighted by Crippen LogP contribution is 2.15. The third-order valence-electron chi connectivity index (χ3n) is 2.10. The summed E-state index contributed by atoms with van der Waals surface area (Å²) in [5.74, 6) is 0.197. The first-order valence-corrected chi connectivity index (χ1v) is 5.76. The second-order valence-corrected chi connectivity index (χ2v) is 4.29. The minimum atomic E-state index is -0.601. The van der Waals surface area contributed by atoms with Crippen LogP contribution in [0.3, 0.4) is 0 Å². The Morgan fingerprint density at radius 2 is 2.17 bits per heavy atom. The number of aromatic nitrogens is 1. The molecule has 4 N–H and O–H groups in total. The molecule has 0 bridgehead atoms. The molecule has 6 heteroatoms. The van der Waals surface area contributed by atoms with E-state index in [1.165, 1.54) is 12.3 Å². The number of nitrogens with two attached hydrogens (primary N) is 2. The monoisotopic (exact) mass is 253 g/mol. The van der Waals surface area contributed by atoms with Gasteiger partial charge < -0.3 is 20.9 Å². The SMILES string of the molecule is CC(C)COCCOc1cc(C(N)=O)c(N)cn1. The second kappa shape index (κ2) is 6.80. The van der Waals surface area contributed by atoms with E-state index in [0.29, 0.717) is 31.6 Å². The predicted molar refractivity (Wildman–Crippen MR) is 68.3 cm³/mol. The lowest BCUT2D eigenvalue weighted by molar-refractivity contribution is 0.0805. The first-order valence-electron chi connectivity index (χ1n) is 5.76. The Bertz CT molecular complexity index is 408. The van der Waals surface area contributed by atoms with Crippen molar-refractivity contribution in [2.75, 3.05) is 25.6 Å². The third kappa shape index (κ3) is 4.58. The molecule has 6 nitrogen and oxygen atoms in total. The topological polar surface area (TPSA) is 100 Å². The first kappa shape index (κ1) is 14.2. The molecular formula is C12H19N3O3. The van der Waals surface area contributed by atoms with Gasteiger partial charge in [-0.1, -0.05) is 13.8 Å². The summed E-state index contributed by atoms with van der Waals surface area (Å²) in [4.78, 5) is 15.0. The zero-order chi connectivity index (χ0) is 13.5. The lowest BCUT2D eigenvalue weighted by Gasteiger charge is -2.09. The van der Waals surface area contributed by atoms with Crippen LogP contribution in [0, 0.1) is 5.92 Å². The molecule has 1 aromatic rings. The summed E-state index contributed by atoms with van der Waals surface area (Å²) in [6, 6.07) is 1.43. The normalized spacial score (nSPS) is 10.6. The summed E-state index contributed by atoms with van der Waals surface area (Å²) in [6.07, 6.45) is 1.35. The van der Waals surface area contributed by atoms with Gasteiger partial charge in [-0.3, -0.25) is 4.79 Å². The van der Waals surface area contributed by atoms with Gasteiger partial charge in [-0.2, -0.15) is 0 Å². The van der Waals surface area contributed by atoms with Crippen molar-refractivity contribution in [2.45, 2.75) is 13.8 Å². The molecule has 18 heavy (non-hydrogen) atoms. The van der Waals surface area contributed by atoms with Crippen LogP contribution in [0.2, 0.25) is 0 Å². The highest BCUT2D eigenvalue weighted by atomic mass is 16.5. The molecule has 0 saturated carbocycles. The van der Waals surface area contributed by atoms with Gasteiger partial charge >= 0.3 is 0 Å². The molecule has 1 aromatic heterocycles. The number of nitrogen functional groups attached to an aromatic ring is 1. The van der Waals surface area contributed by atoms with Crippen molar-refractivity contribution in [2.24, 2.45) is 11.7 Å². The molecule has 0 spiro atoms. The van der Waals surface area contributed by atoms with E-state index in [1.807, 2.05) is 0 Å². The maximum atomic E-state index is 11.1. The molecule has 0 aliphatic rings. The van der Waals surface area contributed by atoms with Crippen LogP contribution in [-0.2, 0) is 4.74 Å². The van der Waals surface area contributed by atoms with Gasteiger partial charge in [-0.15, -0.1) is 0 Å². The van der Waals surface area contributed by atoms with Gasteiger partial charge in [0.1, 0.15) is 6.61 Å². The summed E-state index contributed by atoms with van der Waals surface area (Å²) in [6.45, 7) is 5.66. The lowest BCUT2D eigenvalue weighted by atomic mass is 10.2. The molecule has 0 saturated heterocycles. The molecule has 0 aromatic carbocycles. The number of amides is 1. The number of hydrogen-bond acceptors (Lipinski definition) is 5. The molecule has 0 unspecified atom stereocenters. The molecule has 1 amide bonds. The van der Waals surface area contributed by atoms with Crippen LogP contribution in [-0.4, -0.2) is 30.7 Å². The van der Waals surface area contributed by atoms with Crippen LogP contribution < -0.4 is 16.2 Å². The largest absolute Gasteiger partial charge is 0.475 e. The number of nitrogens with zero attached hydrogens (tertiary/aromatic N) is 1. The molecule has 0 radical (unpaired) electrons. The predicted octanol–water partition coefficient (Wildman–Crippen LogP) is 0.814. The summed E-state index contributed by atoms with van der Waals surface area (Å²) >= 11 is 0. The molecule has 0 atom stereocenters. The Morgan fingerprint density at radius 1 is 1.44 bits per heavy atom. The summed E-state index contributed by atoms with van der Waals surface area (Å²) in [5, 5.41) is 0. The van der Waals surface area contributed by atoms with Gasteiger partial charge in [0.15, 0.2) is 0 Å². The summed E-state index contributed by atoms with van der Waals surface area (Å²) in [5.41, 5.74) is 11.2. The van der Waals surface area contributed by atoms with Crippen LogP contribution in [0.25, 0.3) is 0 Å². The van der Waals surface area contributed by atoms with Crippen molar-refractivity contribution < 1.29 is 14.3 Å². The molecule has 1 rings (SSSR count). The van der Waals surface area contributed by atoms with Crippen molar-refractivity contribution in [3.63, 3.8) is 0 Å². The molecule has 0 fully saturated rings. The Hall–Kier alpha value is -1.82. The number of hydrogen-bond donors (Lipinski definition) is 2. The average Bonchev–Trinajstić information content (AvgIpc) is 2.30. The van der Waals surface area contributed by atoms with Gasteiger partial charge in [-0.05, 0) is 5.92 Å². The number of carbonyl (C=O) groups excluding carboxylic acids is 1. The Morgan fingerprint density at radius 3 is 2.78 bits per heavy atom. The van der Waals surface area contributed by atoms with E-state index in [2.05, 4.69) is 18.8 Å². The van der Waals surface area contributed by atoms with Crippen LogP contribution >= 0.6 is 0 Å². The zero-order valence-corrected chi connectivity index (χ0v) is 10.7. The van der Waals surface area contributed by atoms with E-state index in [-0.39, 0.29) is 11.3 Å². The second-order valence-electron chi connectivity index (χ2n) is 4.29. The third-order valence-corrected chi connectivity index (χ3v) is 2.10. The van der Waals surface area contributed by atoms with Crippen molar-refractivity contribution in [3.8, 4) is 5.88 Å². The van der Waals surface area contributed by atoms with Crippen LogP contribution in [0.4, 0.5) is 5.69 Å². The molecule has 0 aliphatic carbocycles. The van der Waals surface area contributed by atoms with E-state index in [4.69, 9.17) is 20.9 Å². The minimum Gasteiger partial charge on any atom is -0.475 e. The summed E-state index contributed by atoms with van der Waals surface area (Å²) in [7, 11) is 0. The summed E-state index contributed by atoms with van der Waals surface area (Å²) < 4.78 is 10.7. The molecule has 1 heterocycles. The van der Waals surface area contributed by atoms with Crippen molar-refractivity contribution in [3.05, 3.63) is 17.8 Å². The van der Waals surface area contributed by atoms with E-state index >= 15 is 0 Å². The van der Waals surface area contributed by atoms with E-state index in [1.54, 1.807) is 0 Å². The van der Waals surface area contributed by atoms with Crippen molar-refractivity contribution in [1.82, 2.24) is 4.98 Å². The van der Waals surface area contributed by atoms with Crippen LogP contribution in [0.15, 0.2) is 12.3 Å². The van der Waals surface area contributed by atoms with E-state index in [0.717, 1.165) is 0 Å². The van der Waals surface area contributed by atoms with Gasteiger partial charge in [0.2, 0.25) is 5.88 Å².